The molecular formula is C23H29Cl2N3O2. The number of halogens is 2. The Morgan fingerprint density at radius 3 is 2.20 bits per heavy atom. The molecule has 0 aromatic heterocycles. The van der Waals surface area contributed by atoms with Crippen LogP contribution < -0.4 is 10.6 Å². The molecule has 0 saturated carbocycles. The van der Waals surface area contributed by atoms with E-state index >= 15 is 0 Å². The number of hydrogen-bond donors (Lipinski definition) is 2. The highest BCUT2D eigenvalue weighted by atomic mass is 35.5. The van der Waals surface area contributed by atoms with Crippen LogP contribution in [-0.4, -0.2) is 36.9 Å². The first-order valence-electron chi connectivity index (χ1n) is 9.92. The van der Waals surface area contributed by atoms with Crippen molar-refractivity contribution in [1.29, 1.82) is 0 Å². The van der Waals surface area contributed by atoms with Crippen molar-refractivity contribution in [2.45, 2.75) is 39.4 Å². The van der Waals surface area contributed by atoms with Crippen molar-refractivity contribution in [3.05, 3.63) is 69.2 Å². The summed E-state index contributed by atoms with van der Waals surface area (Å²) in [5, 5.41) is 6.43. The van der Waals surface area contributed by atoms with Gasteiger partial charge in [0, 0.05) is 18.1 Å². The van der Waals surface area contributed by atoms with E-state index in [9.17, 15) is 9.59 Å². The average Bonchev–Trinajstić information content (AvgIpc) is 2.65. The van der Waals surface area contributed by atoms with E-state index in [4.69, 9.17) is 23.2 Å². The molecule has 0 saturated heterocycles. The van der Waals surface area contributed by atoms with Crippen molar-refractivity contribution in [1.82, 2.24) is 15.5 Å². The predicted molar refractivity (Wildman–Crippen MR) is 123 cm³/mol. The van der Waals surface area contributed by atoms with Crippen molar-refractivity contribution < 1.29 is 9.59 Å². The van der Waals surface area contributed by atoms with Gasteiger partial charge in [-0.25, -0.2) is 0 Å². The van der Waals surface area contributed by atoms with E-state index in [1.165, 1.54) is 11.6 Å². The molecule has 1 unspecified atom stereocenters. The number of nitrogens with one attached hydrogen (secondary N) is 2. The molecule has 0 aliphatic rings. The Bertz CT molecular complexity index is 867. The fourth-order valence-corrected chi connectivity index (χ4v) is 3.55. The lowest BCUT2D eigenvalue weighted by Gasteiger charge is -2.20. The number of rotatable bonds is 9. The zero-order valence-corrected chi connectivity index (χ0v) is 19.3. The second-order valence-corrected chi connectivity index (χ2v) is 8.90. The Labute approximate surface area is 188 Å². The molecule has 2 aromatic rings. The van der Waals surface area contributed by atoms with E-state index in [-0.39, 0.29) is 16.8 Å². The molecule has 30 heavy (non-hydrogen) atoms. The molecule has 0 spiro atoms. The summed E-state index contributed by atoms with van der Waals surface area (Å²) in [6, 6.07) is 12.1. The van der Waals surface area contributed by atoms with Gasteiger partial charge in [0.2, 0.25) is 5.91 Å². The minimum Gasteiger partial charge on any atom is -0.350 e. The molecule has 2 aromatic carbocycles. The lowest BCUT2D eigenvalue weighted by Crippen LogP contribution is -2.47. The van der Waals surface area contributed by atoms with Crippen LogP contribution in [0, 0.1) is 5.92 Å². The molecule has 0 radical (unpaired) electrons. The topological polar surface area (TPSA) is 61.4 Å². The second-order valence-electron chi connectivity index (χ2n) is 8.05. The van der Waals surface area contributed by atoms with Crippen LogP contribution >= 0.6 is 23.2 Å². The van der Waals surface area contributed by atoms with E-state index in [1.807, 2.05) is 40.1 Å². The lowest BCUT2D eigenvalue weighted by molar-refractivity contribution is -0.123. The summed E-state index contributed by atoms with van der Waals surface area (Å²) in [4.78, 5) is 27.5. The molecule has 5 nitrogen and oxygen atoms in total. The van der Waals surface area contributed by atoms with E-state index in [2.05, 4.69) is 27.7 Å². The maximum Gasteiger partial charge on any atom is 0.253 e. The van der Waals surface area contributed by atoms with E-state index in [1.54, 1.807) is 12.1 Å². The van der Waals surface area contributed by atoms with Gasteiger partial charge in [0.1, 0.15) is 6.04 Å². The first-order valence-corrected chi connectivity index (χ1v) is 10.7. The molecule has 2 rings (SSSR count). The third-order valence-corrected chi connectivity index (χ3v) is 5.04. The highest BCUT2D eigenvalue weighted by Crippen LogP contribution is 2.21. The zero-order chi connectivity index (χ0) is 22.3. The number of benzene rings is 2. The smallest absolute Gasteiger partial charge is 0.253 e. The van der Waals surface area contributed by atoms with Crippen LogP contribution in [-0.2, 0) is 17.9 Å². The minimum atomic E-state index is -0.655. The summed E-state index contributed by atoms with van der Waals surface area (Å²) < 4.78 is 0. The van der Waals surface area contributed by atoms with Gasteiger partial charge in [0.25, 0.3) is 5.91 Å². The van der Waals surface area contributed by atoms with Gasteiger partial charge in [-0.15, -0.1) is 0 Å². The van der Waals surface area contributed by atoms with Gasteiger partial charge in [0.15, 0.2) is 0 Å². The van der Waals surface area contributed by atoms with Gasteiger partial charge in [-0.2, -0.15) is 0 Å². The molecule has 7 heteroatoms. The Kier molecular flexibility index (Phi) is 9.15. The van der Waals surface area contributed by atoms with E-state index in [0.29, 0.717) is 23.6 Å². The van der Waals surface area contributed by atoms with Gasteiger partial charge in [-0.05, 0) is 55.8 Å². The first-order chi connectivity index (χ1) is 14.2. The molecule has 0 fully saturated rings. The summed E-state index contributed by atoms with van der Waals surface area (Å²) in [5.74, 6) is -0.392. The Balaban J connectivity index is 2.01. The highest BCUT2D eigenvalue weighted by Gasteiger charge is 2.23. The van der Waals surface area contributed by atoms with E-state index in [0.717, 1.165) is 12.1 Å². The van der Waals surface area contributed by atoms with Crippen molar-refractivity contribution in [2.24, 2.45) is 5.92 Å². The molecule has 2 amide bonds. The number of hydrogen-bond acceptors (Lipinski definition) is 3. The summed E-state index contributed by atoms with van der Waals surface area (Å²) in [6.45, 7) is 5.27. The summed E-state index contributed by atoms with van der Waals surface area (Å²) in [6.07, 6.45) is 0.518. The lowest BCUT2D eigenvalue weighted by atomic mass is 10.0. The molecule has 162 valence electrons. The predicted octanol–water partition coefficient (Wildman–Crippen LogP) is 4.52. The third-order valence-electron chi connectivity index (χ3n) is 4.49. The third kappa shape index (κ3) is 7.63. The van der Waals surface area contributed by atoms with Crippen LogP contribution in [0.4, 0.5) is 0 Å². The van der Waals surface area contributed by atoms with Crippen LogP contribution in [0.15, 0.2) is 42.5 Å². The Hall–Kier alpha value is -2.08. The average molecular weight is 450 g/mol. The van der Waals surface area contributed by atoms with Crippen molar-refractivity contribution in [3.63, 3.8) is 0 Å². The van der Waals surface area contributed by atoms with E-state index < -0.39 is 11.9 Å². The molecule has 0 heterocycles. The molecule has 1 atom stereocenters. The van der Waals surface area contributed by atoms with Gasteiger partial charge in [-0.3, -0.25) is 9.59 Å². The summed E-state index contributed by atoms with van der Waals surface area (Å²) >= 11 is 12.0. The largest absolute Gasteiger partial charge is 0.350 e. The second kappa shape index (κ2) is 11.3. The van der Waals surface area contributed by atoms with Crippen molar-refractivity contribution >= 4 is 35.0 Å². The standard InChI is InChI=1S/C23H29Cl2N3O2/c1-15(2)11-21(27-22(29)19-10-9-18(24)12-20(19)25)23(30)26-13-16-5-7-17(8-6-16)14-28(3)4/h5-10,12,15,21H,11,13-14H2,1-4H3,(H,26,30)(H,27,29). The van der Waals surface area contributed by atoms with Crippen LogP contribution in [0.1, 0.15) is 41.8 Å². The number of amides is 2. The highest BCUT2D eigenvalue weighted by molar-refractivity contribution is 6.36. The van der Waals surface area contributed by atoms with Gasteiger partial charge in [0.05, 0.1) is 10.6 Å². The molecule has 0 bridgehead atoms. The van der Waals surface area contributed by atoms with Crippen LogP contribution in [0.5, 0.6) is 0 Å². The monoisotopic (exact) mass is 449 g/mol. The molecule has 2 N–H and O–H groups in total. The molecule has 0 aliphatic heterocycles. The van der Waals surface area contributed by atoms with Crippen LogP contribution in [0.2, 0.25) is 10.0 Å². The van der Waals surface area contributed by atoms with Gasteiger partial charge in [-0.1, -0.05) is 61.3 Å². The Morgan fingerprint density at radius 2 is 1.63 bits per heavy atom. The number of carbonyl (C=O) groups is 2. The summed E-state index contributed by atoms with van der Waals surface area (Å²) in [5.41, 5.74) is 2.50. The van der Waals surface area contributed by atoms with Crippen molar-refractivity contribution in [3.8, 4) is 0 Å². The quantitative estimate of drug-likeness (QED) is 0.591. The maximum absolute atomic E-state index is 12.8. The zero-order valence-electron chi connectivity index (χ0n) is 17.8. The fraction of sp³-hybridized carbons (Fsp3) is 0.391. The number of nitrogens with zero attached hydrogens (tertiary/aromatic N) is 1. The van der Waals surface area contributed by atoms with Gasteiger partial charge >= 0.3 is 0 Å². The molecular weight excluding hydrogens is 421 g/mol. The maximum atomic E-state index is 12.8. The minimum absolute atomic E-state index is 0.223. The molecule has 0 aliphatic carbocycles. The first kappa shape index (κ1) is 24.2. The van der Waals surface area contributed by atoms with Crippen LogP contribution in [0.25, 0.3) is 0 Å². The SMILES string of the molecule is CC(C)CC(NC(=O)c1ccc(Cl)cc1Cl)C(=O)NCc1ccc(CN(C)C)cc1. The van der Waals surface area contributed by atoms with Crippen LogP contribution in [0.3, 0.4) is 0 Å². The normalized spacial score (nSPS) is 12.1. The summed E-state index contributed by atoms with van der Waals surface area (Å²) in [7, 11) is 4.04. The van der Waals surface area contributed by atoms with Crippen molar-refractivity contribution in [2.75, 3.05) is 14.1 Å². The van der Waals surface area contributed by atoms with Gasteiger partial charge < -0.3 is 15.5 Å². The number of carbonyl (C=O) groups excluding carboxylic acids is 2. The Morgan fingerprint density at radius 1 is 1.00 bits per heavy atom. The fourth-order valence-electron chi connectivity index (χ4n) is 3.05.